The molecule has 2 atom stereocenters. The average molecular weight is 485 g/mol. The number of aliphatic hydroxyl groups excluding tert-OH is 1. The van der Waals surface area contributed by atoms with Gasteiger partial charge in [-0.3, -0.25) is 18.7 Å². The maximum Gasteiger partial charge on any atom is 0.331 e. The molecule has 0 aliphatic carbocycles. The number of aromatic nitrogens is 2. The Morgan fingerprint density at radius 2 is 1.83 bits per heavy atom. The second-order valence-electron chi connectivity index (χ2n) is 9.14. The van der Waals surface area contributed by atoms with E-state index in [4.69, 9.17) is 4.84 Å². The molecule has 2 N–H and O–H groups in total. The minimum atomic E-state index is -1.03. The van der Waals surface area contributed by atoms with Crippen LogP contribution in [-0.2, 0) is 22.7 Å². The lowest BCUT2D eigenvalue weighted by molar-refractivity contribution is -0.124. The van der Waals surface area contributed by atoms with Crippen LogP contribution in [0.2, 0.25) is 0 Å². The highest BCUT2D eigenvalue weighted by Crippen LogP contribution is 2.20. The molecule has 190 valence electrons. The van der Waals surface area contributed by atoms with Gasteiger partial charge in [-0.05, 0) is 38.8 Å². The molecule has 0 fully saturated rings. The predicted molar refractivity (Wildman–Crippen MR) is 137 cm³/mol. The normalized spacial score (nSPS) is 13.6. The molecular formula is C26H36N4O5. The second-order valence-corrected chi connectivity index (χ2v) is 9.14. The summed E-state index contributed by atoms with van der Waals surface area (Å²) in [5.74, 6) is -0.415. The molecule has 9 heteroatoms. The highest BCUT2D eigenvalue weighted by atomic mass is 16.6. The highest BCUT2D eigenvalue weighted by molar-refractivity contribution is 5.97. The predicted octanol–water partition coefficient (Wildman–Crippen LogP) is 2.70. The third-order valence-electron chi connectivity index (χ3n) is 5.34. The van der Waals surface area contributed by atoms with Crippen LogP contribution in [-0.4, -0.2) is 38.0 Å². The maximum absolute atomic E-state index is 13.3. The van der Waals surface area contributed by atoms with Crippen LogP contribution in [0.3, 0.4) is 0 Å². The van der Waals surface area contributed by atoms with Crippen molar-refractivity contribution in [2.75, 3.05) is 0 Å². The summed E-state index contributed by atoms with van der Waals surface area (Å²) in [4.78, 5) is 44.0. The van der Waals surface area contributed by atoms with Gasteiger partial charge in [0, 0.05) is 18.2 Å². The van der Waals surface area contributed by atoms with Crippen molar-refractivity contribution in [1.29, 1.82) is 0 Å². The third-order valence-corrected chi connectivity index (χ3v) is 5.34. The molecule has 0 spiro atoms. The smallest absolute Gasteiger partial charge is 0.331 e. The van der Waals surface area contributed by atoms with E-state index in [1.54, 1.807) is 45.9 Å². The molecule has 0 radical (unpaired) electrons. The molecule has 9 nitrogen and oxygen atoms in total. The molecule has 0 bridgehead atoms. The van der Waals surface area contributed by atoms with E-state index in [1.807, 2.05) is 26.0 Å². The zero-order valence-electron chi connectivity index (χ0n) is 21.3. The van der Waals surface area contributed by atoms with E-state index in [1.165, 1.54) is 10.8 Å². The number of nitrogens with zero attached hydrogens (tertiary/aromatic N) is 3. The Morgan fingerprint density at radius 1 is 1.17 bits per heavy atom. The summed E-state index contributed by atoms with van der Waals surface area (Å²) < 4.78 is 2.34. The van der Waals surface area contributed by atoms with E-state index in [-0.39, 0.29) is 36.6 Å². The molecule has 0 saturated carbocycles. The molecule has 0 aliphatic rings. The number of nitrogens with one attached hydrogen (secondary N) is 1. The number of benzene rings is 1. The molecule has 0 aliphatic heterocycles. The summed E-state index contributed by atoms with van der Waals surface area (Å²) in [6, 6.07) is 6.73. The zero-order valence-corrected chi connectivity index (χ0v) is 21.3. The molecule has 1 aromatic heterocycles. The van der Waals surface area contributed by atoms with Crippen molar-refractivity contribution in [1.82, 2.24) is 14.5 Å². The number of amides is 1. The fourth-order valence-electron chi connectivity index (χ4n) is 3.44. The second kappa shape index (κ2) is 12.3. The summed E-state index contributed by atoms with van der Waals surface area (Å²) >= 11 is 0. The lowest BCUT2D eigenvalue weighted by Crippen LogP contribution is -2.48. The minimum absolute atomic E-state index is 0.0401. The summed E-state index contributed by atoms with van der Waals surface area (Å²) in [5, 5.41) is 17.8. The standard InChI is InChI=1S/C26H36N4O5/c1-8-20-11-9-10-12-21(20)23(31)15-29-14-22(19(7)28-35-17(4)5)25(33)30(26(29)34)13-18(6)27-24(32)16(2)3/h8-12,14,16-18,23,31H,1,13,15H2,2-7H3,(H,27,32)/b28-19+/t18-,23?/m0/s1. The van der Waals surface area contributed by atoms with Gasteiger partial charge >= 0.3 is 5.69 Å². The Hall–Kier alpha value is -3.46. The largest absolute Gasteiger partial charge is 0.393 e. The maximum atomic E-state index is 13.3. The number of carbonyl (C=O) groups is 1. The van der Waals surface area contributed by atoms with E-state index in [0.717, 1.165) is 10.1 Å². The summed E-state index contributed by atoms with van der Waals surface area (Å²) in [6.45, 7) is 14.1. The molecular weight excluding hydrogens is 448 g/mol. The highest BCUT2D eigenvalue weighted by Gasteiger charge is 2.20. The molecule has 0 saturated heterocycles. The molecule has 1 unspecified atom stereocenters. The van der Waals surface area contributed by atoms with Gasteiger partial charge in [-0.2, -0.15) is 0 Å². The first-order valence-corrected chi connectivity index (χ1v) is 11.7. The summed E-state index contributed by atoms with van der Waals surface area (Å²) in [6.07, 6.45) is 1.80. The van der Waals surface area contributed by atoms with Crippen LogP contribution < -0.4 is 16.6 Å². The zero-order chi connectivity index (χ0) is 26.3. The van der Waals surface area contributed by atoms with Gasteiger partial charge in [0.05, 0.1) is 30.5 Å². The van der Waals surface area contributed by atoms with Crippen molar-refractivity contribution in [3.8, 4) is 0 Å². The monoisotopic (exact) mass is 484 g/mol. The first-order chi connectivity index (χ1) is 16.5. The van der Waals surface area contributed by atoms with Gasteiger partial charge in [-0.1, -0.05) is 55.9 Å². The topological polar surface area (TPSA) is 115 Å². The first kappa shape index (κ1) is 27.8. The lowest BCUT2D eigenvalue weighted by atomic mass is 10.0. The molecule has 2 aromatic rings. The van der Waals surface area contributed by atoms with Gasteiger partial charge in [0.1, 0.15) is 6.10 Å². The van der Waals surface area contributed by atoms with Crippen LogP contribution in [0.1, 0.15) is 64.3 Å². The van der Waals surface area contributed by atoms with Crippen molar-refractivity contribution in [3.63, 3.8) is 0 Å². The fourth-order valence-corrected chi connectivity index (χ4v) is 3.44. The summed E-state index contributed by atoms with van der Waals surface area (Å²) in [5.41, 5.74) is 0.668. The third kappa shape index (κ3) is 7.26. The van der Waals surface area contributed by atoms with E-state index in [2.05, 4.69) is 17.1 Å². The van der Waals surface area contributed by atoms with Crippen LogP contribution in [0, 0.1) is 5.92 Å². The van der Waals surface area contributed by atoms with Crippen molar-refractivity contribution in [2.24, 2.45) is 11.1 Å². The van der Waals surface area contributed by atoms with E-state index in [9.17, 15) is 19.5 Å². The van der Waals surface area contributed by atoms with Crippen molar-refractivity contribution in [2.45, 2.75) is 72.9 Å². The Labute approximate surface area is 205 Å². The quantitative estimate of drug-likeness (QED) is 0.376. The Morgan fingerprint density at radius 3 is 2.43 bits per heavy atom. The van der Waals surface area contributed by atoms with E-state index in [0.29, 0.717) is 11.3 Å². The van der Waals surface area contributed by atoms with Gasteiger partial charge in [0.15, 0.2) is 0 Å². The Bertz CT molecular complexity index is 1190. The van der Waals surface area contributed by atoms with Gasteiger partial charge in [-0.15, -0.1) is 0 Å². The van der Waals surface area contributed by atoms with Crippen LogP contribution in [0.4, 0.5) is 0 Å². The number of hydrogen-bond donors (Lipinski definition) is 2. The number of carbonyl (C=O) groups excluding carboxylic acids is 1. The Kier molecular flexibility index (Phi) is 9.77. The SMILES string of the molecule is C=Cc1ccccc1C(O)Cn1cc(/C(C)=N/OC(C)C)c(=O)n(C[C@H](C)NC(=O)C(C)C)c1=O. The molecule has 1 aromatic carbocycles. The fraction of sp³-hybridized carbons (Fsp3) is 0.462. The van der Waals surface area contributed by atoms with Gasteiger partial charge in [0.25, 0.3) is 5.56 Å². The number of rotatable bonds is 11. The molecule has 2 rings (SSSR count). The molecule has 1 amide bonds. The molecule has 35 heavy (non-hydrogen) atoms. The lowest BCUT2D eigenvalue weighted by Gasteiger charge is -2.20. The minimum Gasteiger partial charge on any atom is -0.393 e. The average Bonchev–Trinajstić information content (AvgIpc) is 2.81. The van der Waals surface area contributed by atoms with E-state index >= 15 is 0 Å². The van der Waals surface area contributed by atoms with Crippen molar-refractivity contribution >= 4 is 17.7 Å². The number of aliphatic hydroxyl groups is 1. The molecule has 1 heterocycles. The Balaban J connectivity index is 2.55. The first-order valence-electron chi connectivity index (χ1n) is 11.7. The van der Waals surface area contributed by atoms with Crippen LogP contribution in [0.25, 0.3) is 6.08 Å². The van der Waals surface area contributed by atoms with Gasteiger partial charge in [-0.25, -0.2) is 4.79 Å². The van der Waals surface area contributed by atoms with Crippen LogP contribution in [0.15, 0.2) is 51.8 Å². The van der Waals surface area contributed by atoms with Crippen molar-refractivity contribution < 1.29 is 14.7 Å². The number of hydrogen-bond acceptors (Lipinski definition) is 6. The van der Waals surface area contributed by atoms with Crippen molar-refractivity contribution in [3.05, 3.63) is 74.6 Å². The van der Waals surface area contributed by atoms with Gasteiger partial charge < -0.3 is 15.3 Å². The number of oxime groups is 1. The van der Waals surface area contributed by atoms with Crippen LogP contribution >= 0.6 is 0 Å². The van der Waals surface area contributed by atoms with E-state index < -0.39 is 23.4 Å². The van der Waals surface area contributed by atoms with Crippen LogP contribution in [0.5, 0.6) is 0 Å². The van der Waals surface area contributed by atoms with Gasteiger partial charge in [0.2, 0.25) is 5.91 Å². The summed E-state index contributed by atoms with van der Waals surface area (Å²) in [7, 11) is 0.